The molecule has 3 amide bonds. The molecule has 1 aromatic carbocycles. The maximum atomic E-state index is 13.7. The number of benzene rings is 1. The highest BCUT2D eigenvalue weighted by Gasteiger charge is 2.41. The van der Waals surface area contributed by atoms with Gasteiger partial charge in [-0.1, -0.05) is 29.5 Å². The van der Waals surface area contributed by atoms with E-state index in [4.69, 9.17) is 5.73 Å². The molecule has 2 aromatic heterocycles. The Kier molecular flexibility index (Phi) is 9.11. The van der Waals surface area contributed by atoms with E-state index >= 15 is 0 Å². The van der Waals surface area contributed by atoms with Crippen LogP contribution in [0.5, 0.6) is 0 Å². The van der Waals surface area contributed by atoms with Crippen LogP contribution in [0.3, 0.4) is 0 Å². The molecule has 2 aliphatic heterocycles. The van der Waals surface area contributed by atoms with Gasteiger partial charge in [0.15, 0.2) is 0 Å². The second kappa shape index (κ2) is 13.4. The largest absolute Gasteiger partial charge is 0.351 e. The van der Waals surface area contributed by atoms with Gasteiger partial charge in [-0.2, -0.15) is 5.10 Å². The molecule has 2 fully saturated rings. The number of amides is 3. The highest BCUT2D eigenvalue weighted by atomic mass is 16.2. The van der Waals surface area contributed by atoms with E-state index in [9.17, 15) is 14.4 Å². The number of aromatic nitrogens is 5. The van der Waals surface area contributed by atoms with Crippen LogP contribution in [0.2, 0.25) is 0 Å². The molecule has 0 radical (unpaired) electrons. The van der Waals surface area contributed by atoms with Gasteiger partial charge in [-0.15, -0.1) is 5.10 Å². The Morgan fingerprint density at radius 1 is 1.11 bits per heavy atom. The third kappa shape index (κ3) is 7.00. The average molecular weight is 614 g/mol. The van der Waals surface area contributed by atoms with Gasteiger partial charge in [-0.25, -0.2) is 0 Å². The van der Waals surface area contributed by atoms with Gasteiger partial charge in [0.1, 0.15) is 11.7 Å². The molecule has 0 saturated carbocycles. The van der Waals surface area contributed by atoms with E-state index < -0.39 is 12.1 Å². The number of carbonyl (C=O) groups excluding carboxylic acids is 3. The van der Waals surface area contributed by atoms with Crippen LogP contribution >= 0.6 is 0 Å². The summed E-state index contributed by atoms with van der Waals surface area (Å²) >= 11 is 0. The minimum Gasteiger partial charge on any atom is -0.351 e. The lowest BCUT2D eigenvalue weighted by Crippen LogP contribution is -2.51. The normalized spacial score (nSPS) is 20.2. The molecule has 0 spiro atoms. The number of nitrogens with one attached hydrogen (secondary N) is 1. The SMILES string of the molecule is Cn1cc(-c2cccc(CC3CC(C(=O)NCC4=Cc5nnn(C)c5CC4)N(C(=O)C(N)CCC(=O)N4CCCC4)C3)c2)cn1. The van der Waals surface area contributed by atoms with Crippen LogP contribution in [0.4, 0.5) is 0 Å². The van der Waals surface area contributed by atoms with Crippen LogP contribution in [0.15, 0.2) is 42.2 Å². The second-order valence-corrected chi connectivity index (χ2v) is 12.7. The summed E-state index contributed by atoms with van der Waals surface area (Å²) < 4.78 is 3.57. The van der Waals surface area contributed by atoms with Crippen LogP contribution < -0.4 is 11.1 Å². The quantitative estimate of drug-likeness (QED) is 0.355. The van der Waals surface area contributed by atoms with Crippen molar-refractivity contribution in [1.29, 1.82) is 0 Å². The van der Waals surface area contributed by atoms with Gasteiger partial charge in [0.2, 0.25) is 17.7 Å². The van der Waals surface area contributed by atoms with Crippen LogP contribution in [-0.4, -0.2) is 90.6 Å². The molecular formula is C33H43N9O3. The molecule has 3 N–H and O–H groups in total. The highest BCUT2D eigenvalue weighted by Crippen LogP contribution is 2.30. The van der Waals surface area contributed by atoms with Gasteiger partial charge < -0.3 is 20.9 Å². The molecule has 3 aromatic rings. The summed E-state index contributed by atoms with van der Waals surface area (Å²) in [5.74, 6) is -0.314. The standard InChI is InChI=1S/C33H43N9O3/c1-39-21-26(19-36-39)25-7-5-6-22(15-25)14-24-17-30(32(44)35-18-23-8-10-29-28(16-23)37-38-40(29)2)42(20-24)33(45)27(34)9-11-31(43)41-12-3-4-13-41/h5-7,15-16,19,21,24,27,30H,3-4,8-14,17-18,20,34H2,1-2H3,(H,35,44). The topological polar surface area (TPSA) is 144 Å². The van der Waals surface area contributed by atoms with Crippen molar-refractivity contribution in [2.24, 2.45) is 25.7 Å². The van der Waals surface area contributed by atoms with E-state index in [1.54, 1.807) is 14.3 Å². The zero-order chi connectivity index (χ0) is 31.5. The number of nitrogens with zero attached hydrogens (tertiary/aromatic N) is 7. The number of nitrogens with two attached hydrogens (primary N) is 1. The van der Waals surface area contributed by atoms with Gasteiger partial charge in [-0.3, -0.25) is 23.7 Å². The summed E-state index contributed by atoms with van der Waals surface area (Å²) in [5, 5.41) is 15.7. The van der Waals surface area contributed by atoms with Crippen molar-refractivity contribution in [3.8, 4) is 11.1 Å². The molecule has 2 saturated heterocycles. The fraction of sp³-hybridized carbons (Fsp3) is 0.515. The summed E-state index contributed by atoms with van der Waals surface area (Å²) in [6, 6.07) is 6.88. The number of carbonyl (C=O) groups is 3. The molecule has 1 aliphatic carbocycles. The minimum atomic E-state index is -0.837. The predicted molar refractivity (Wildman–Crippen MR) is 169 cm³/mol. The first kappa shape index (κ1) is 30.7. The van der Waals surface area contributed by atoms with Gasteiger partial charge in [0.05, 0.1) is 17.9 Å². The molecule has 3 atom stereocenters. The molecule has 3 aliphatic rings. The van der Waals surface area contributed by atoms with E-state index in [0.29, 0.717) is 19.5 Å². The van der Waals surface area contributed by atoms with Crippen LogP contribution in [0.1, 0.15) is 55.5 Å². The lowest BCUT2D eigenvalue weighted by atomic mass is 9.94. The van der Waals surface area contributed by atoms with Crippen molar-refractivity contribution >= 4 is 23.8 Å². The van der Waals surface area contributed by atoms with Crippen molar-refractivity contribution in [3.05, 3.63) is 59.2 Å². The summed E-state index contributed by atoms with van der Waals surface area (Å²) in [4.78, 5) is 43.6. The lowest BCUT2D eigenvalue weighted by molar-refractivity contribution is -0.139. The molecule has 3 unspecified atom stereocenters. The Morgan fingerprint density at radius 2 is 1.93 bits per heavy atom. The first-order valence-electron chi connectivity index (χ1n) is 16.0. The van der Waals surface area contributed by atoms with Crippen LogP contribution in [-0.2, 0) is 41.3 Å². The van der Waals surface area contributed by atoms with E-state index in [0.717, 1.165) is 78.8 Å². The second-order valence-electron chi connectivity index (χ2n) is 12.7. The van der Waals surface area contributed by atoms with Gasteiger partial charge in [-0.05, 0) is 73.6 Å². The minimum absolute atomic E-state index is 0.0462. The Balaban J connectivity index is 1.13. The predicted octanol–water partition coefficient (Wildman–Crippen LogP) is 1.85. The number of fused-ring (bicyclic) bond motifs is 1. The van der Waals surface area contributed by atoms with Crippen molar-refractivity contribution in [1.82, 2.24) is 39.9 Å². The fourth-order valence-electron chi connectivity index (χ4n) is 6.88. The first-order chi connectivity index (χ1) is 21.7. The maximum Gasteiger partial charge on any atom is 0.243 e. The lowest BCUT2D eigenvalue weighted by Gasteiger charge is -2.27. The molecule has 45 heavy (non-hydrogen) atoms. The van der Waals surface area contributed by atoms with E-state index in [2.05, 4.69) is 38.9 Å². The van der Waals surface area contributed by atoms with Gasteiger partial charge in [0, 0.05) is 58.5 Å². The Morgan fingerprint density at radius 3 is 2.71 bits per heavy atom. The van der Waals surface area contributed by atoms with Crippen molar-refractivity contribution < 1.29 is 14.4 Å². The number of hydrogen-bond acceptors (Lipinski definition) is 7. The van der Waals surface area contributed by atoms with Crippen LogP contribution in [0, 0.1) is 5.92 Å². The average Bonchev–Trinajstić information content (AvgIpc) is 3.86. The molecule has 6 rings (SSSR count). The first-order valence-corrected chi connectivity index (χ1v) is 16.0. The molecule has 12 heteroatoms. The van der Waals surface area contributed by atoms with Crippen molar-refractivity contribution in [2.75, 3.05) is 26.2 Å². The number of aryl methyl sites for hydroxylation is 2. The fourth-order valence-corrected chi connectivity index (χ4v) is 6.88. The van der Waals surface area contributed by atoms with Crippen molar-refractivity contribution in [2.45, 2.75) is 63.5 Å². The maximum absolute atomic E-state index is 13.7. The van der Waals surface area contributed by atoms with E-state index in [1.807, 2.05) is 43.5 Å². The van der Waals surface area contributed by atoms with Gasteiger partial charge >= 0.3 is 0 Å². The smallest absolute Gasteiger partial charge is 0.243 e. The third-order valence-electron chi connectivity index (χ3n) is 9.39. The number of likely N-dealkylation sites (tertiary alicyclic amines) is 2. The molecule has 4 heterocycles. The molecule has 238 valence electrons. The number of rotatable bonds is 10. The summed E-state index contributed by atoms with van der Waals surface area (Å²) in [5.41, 5.74) is 12.7. The van der Waals surface area contributed by atoms with E-state index in [1.165, 1.54) is 0 Å². The van der Waals surface area contributed by atoms with E-state index in [-0.39, 0.29) is 36.5 Å². The Labute approximate surface area is 263 Å². The zero-order valence-corrected chi connectivity index (χ0v) is 26.2. The summed E-state index contributed by atoms with van der Waals surface area (Å²) in [6.07, 6.45) is 11.3. The number of hydrogen-bond donors (Lipinski definition) is 2. The third-order valence-corrected chi connectivity index (χ3v) is 9.39. The van der Waals surface area contributed by atoms with Crippen molar-refractivity contribution in [3.63, 3.8) is 0 Å². The Bertz CT molecular complexity index is 1590. The molecule has 0 bridgehead atoms. The van der Waals surface area contributed by atoms with Gasteiger partial charge in [0.25, 0.3) is 0 Å². The zero-order valence-electron chi connectivity index (χ0n) is 26.2. The Hall–Kier alpha value is -4.32. The highest BCUT2D eigenvalue weighted by molar-refractivity contribution is 5.91. The molecule has 12 nitrogen and oxygen atoms in total. The molecular weight excluding hydrogens is 570 g/mol. The van der Waals surface area contributed by atoms with Crippen LogP contribution in [0.25, 0.3) is 17.2 Å². The summed E-state index contributed by atoms with van der Waals surface area (Å²) in [6.45, 7) is 2.37. The monoisotopic (exact) mass is 613 g/mol. The summed E-state index contributed by atoms with van der Waals surface area (Å²) in [7, 11) is 3.78.